The van der Waals surface area contributed by atoms with Gasteiger partial charge in [0.2, 0.25) is 0 Å². The zero-order valence-electron chi connectivity index (χ0n) is 15.2. The molecular formula is C20H22F2N4O. The van der Waals surface area contributed by atoms with Gasteiger partial charge in [-0.1, -0.05) is 0 Å². The summed E-state index contributed by atoms with van der Waals surface area (Å²) in [5, 5.41) is 0. The van der Waals surface area contributed by atoms with Crippen molar-refractivity contribution in [3.63, 3.8) is 0 Å². The summed E-state index contributed by atoms with van der Waals surface area (Å²) in [7, 11) is 1.69. The van der Waals surface area contributed by atoms with Crippen LogP contribution in [0.15, 0.2) is 41.5 Å². The number of nitrogens with zero attached hydrogens (tertiary/aromatic N) is 3. The van der Waals surface area contributed by atoms with E-state index >= 15 is 0 Å². The fraction of sp³-hybridized carbons (Fsp3) is 0.400. The second-order valence-corrected chi connectivity index (χ2v) is 7.07. The van der Waals surface area contributed by atoms with E-state index in [-0.39, 0.29) is 25.6 Å². The molecule has 1 aliphatic heterocycles. The molecule has 1 aliphatic carbocycles. The largest absolute Gasteiger partial charge is 0.490 e. The molecule has 0 amide bonds. The molecule has 0 unspecified atom stereocenters. The number of anilines is 2. The van der Waals surface area contributed by atoms with Gasteiger partial charge in [-0.15, -0.1) is 0 Å². The molecule has 5 nitrogen and oxygen atoms in total. The molecule has 27 heavy (non-hydrogen) atoms. The van der Waals surface area contributed by atoms with E-state index < -0.39 is 5.92 Å². The molecular weight excluding hydrogens is 350 g/mol. The van der Waals surface area contributed by atoms with E-state index in [4.69, 9.17) is 10.5 Å². The van der Waals surface area contributed by atoms with Gasteiger partial charge in [0.25, 0.3) is 5.92 Å². The normalized spacial score (nSPS) is 19.4. The highest BCUT2D eigenvalue weighted by molar-refractivity contribution is 6.16. The van der Waals surface area contributed by atoms with Crippen LogP contribution in [0.4, 0.5) is 20.3 Å². The molecule has 2 heterocycles. The average Bonchev–Trinajstić information content (AvgIpc) is 3.39. The van der Waals surface area contributed by atoms with Crippen molar-refractivity contribution in [1.29, 1.82) is 0 Å². The summed E-state index contributed by atoms with van der Waals surface area (Å²) in [6.07, 6.45) is 3.90. The van der Waals surface area contributed by atoms with E-state index in [2.05, 4.69) is 9.98 Å². The third-order valence-electron chi connectivity index (χ3n) is 4.84. The lowest BCUT2D eigenvalue weighted by Crippen LogP contribution is -2.25. The smallest absolute Gasteiger partial charge is 0.266 e. The van der Waals surface area contributed by atoms with Crippen molar-refractivity contribution < 1.29 is 13.5 Å². The third-order valence-corrected chi connectivity index (χ3v) is 4.84. The van der Waals surface area contributed by atoms with Crippen molar-refractivity contribution in [2.75, 3.05) is 30.8 Å². The summed E-state index contributed by atoms with van der Waals surface area (Å²) < 4.78 is 33.0. The number of rotatable bonds is 5. The van der Waals surface area contributed by atoms with Gasteiger partial charge in [0.05, 0.1) is 18.4 Å². The van der Waals surface area contributed by atoms with Crippen molar-refractivity contribution in [3.8, 4) is 5.75 Å². The van der Waals surface area contributed by atoms with Crippen LogP contribution in [-0.2, 0) is 0 Å². The Morgan fingerprint density at radius 1 is 1.30 bits per heavy atom. The van der Waals surface area contributed by atoms with Crippen LogP contribution in [-0.4, -0.2) is 42.9 Å². The van der Waals surface area contributed by atoms with Crippen LogP contribution in [0, 0.1) is 0 Å². The van der Waals surface area contributed by atoms with E-state index in [9.17, 15) is 8.78 Å². The van der Waals surface area contributed by atoms with Gasteiger partial charge in [0.1, 0.15) is 11.6 Å². The highest BCUT2D eigenvalue weighted by Crippen LogP contribution is 2.32. The minimum Gasteiger partial charge on any atom is -0.490 e. The lowest BCUT2D eigenvalue weighted by molar-refractivity contribution is 0.0256. The summed E-state index contributed by atoms with van der Waals surface area (Å²) in [5.74, 6) is -1.38. The third kappa shape index (κ3) is 3.86. The van der Waals surface area contributed by atoms with Crippen LogP contribution >= 0.6 is 0 Å². The molecule has 0 spiro atoms. The Balaban J connectivity index is 1.64. The number of hydrogen-bond donors (Lipinski definition) is 1. The van der Waals surface area contributed by atoms with Crippen LogP contribution in [0.2, 0.25) is 0 Å². The second-order valence-electron chi connectivity index (χ2n) is 7.07. The van der Waals surface area contributed by atoms with E-state index in [1.807, 2.05) is 18.2 Å². The van der Waals surface area contributed by atoms with Crippen molar-refractivity contribution >= 4 is 17.2 Å². The molecule has 0 atom stereocenters. The van der Waals surface area contributed by atoms with Gasteiger partial charge in [0.15, 0.2) is 0 Å². The quantitative estimate of drug-likeness (QED) is 0.644. The van der Waals surface area contributed by atoms with Crippen LogP contribution < -0.4 is 15.4 Å². The fourth-order valence-corrected chi connectivity index (χ4v) is 3.27. The van der Waals surface area contributed by atoms with Crippen molar-refractivity contribution in [2.24, 2.45) is 4.99 Å². The summed E-state index contributed by atoms with van der Waals surface area (Å²) in [5.41, 5.74) is 9.00. The monoisotopic (exact) mass is 372 g/mol. The Hall–Kier alpha value is -2.70. The second kappa shape index (κ2) is 6.79. The van der Waals surface area contributed by atoms with Gasteiger partial charge >= 0.3 is 0 Å². The molecule has 1 saturated heterocycles. The molecule has 1 aromatic heterocycles. The standard InChI is InChI=1S/C20H22F2N4O/c1-24-19(16-11-15(4-5-17(16)23)27-14-2-3-14)13-6-8-25-18(10-13)26-9-7-20(21,22)12-26/h4-6,8,10-11,14H,2-3,7,9,12,23H2,1H3. The predicted molar refractivity (Wildman–Crippen MR) is 102 cm³/mol. The van der Waals surface area contributed by atoms with Gasteiger partial charge in [-0.2, -0.15) is 0 Å². The number of ether oxygens (including phenoxy) is 1. The number of hydrogen-bond acceptors (Lipinski definition) is 5. The summed E-state index contributed by atoms with van der Waals surface area (Å²) >= 11 is 0. The molecule has 0 bridgehead atoms. The Morgan fingerprint density at radius 2 is 2.11 bits per heavy atom. The Labute approximate surface area is 156 Å². The summed E-state index contributed by atoms with van der Waals surface area (Å²) in [4.78, 5) is 10.3. The maximum absolute atomic E-state index is 13.6. The van der Waals surface area contributed by atoms with E-state index in [0.29, 0.717) is 17.2 Å². The first-order valence-electron chi connectivity index (χ1n) is 9.08. The highest BCUT2D eigenvalue weighted by Gasteiger charge is 2.38. The molecule has 2 fully saturated rings. The van der Waals surface area contributed by atoms with Crippen LogP contribution in [0.5, 0.6) is 5.75 Å². The van der Waals surface area contributed by atoms with Gasteiger partial charge < -0.3 is 15.4 Å². The van der Waals surface area contributed by atoms with Gasteiger partial charge in [-0.25, -0.2) is 13.8 Å². The molecule has 4 rings (SSSR count). The highest BCUT2D eigenvalue weighted by atomic mass is 19.3. The van der Waals surface area contributed by atoms with Crippen molar-refractivity contribution in [1.82, 2.24) is 4.98 Å². The van der Waals surface area contributed by atoms with E-state index in [1.54, 1.807) is 30.3 Å². The summed E-state index contributed by atoms with van der Waals surface area (Å²) in [6.45, 7) is -0.0240. The molecule has 7 heteroatoms. The molecule has 1 saturated carbocycles. The number of alkyl halides is 2. The maximum atomic E-state index is 13.6. The minimum absolute atomic E-state index is 0.152. The zero-order valence-corrected chi connectivity index (χ0v) is 15.2. The molecule has 0 radical (unpaired) electrons. The minimum atomic E-state index is -2.67. The first-order valence-corrected chi connectivity index (χ1v) is 9.08. The molecule has 2 N–H and O–H groups in total. The Morgan fingerprint density at radius 3 is 2.78 bits per heavy atom. The van der Waals surface area contributed by atoms with Crippen LogP contribution in [0.1, 0.15) is 30.4 Å². The van der Waals surface area contributed by atoms with Gasteiger partial charge in [-0.05, 0) is 43.2 Å². The number of aromatic nitrogens is 1. The Kier molecular flexibility index (Phi) is 4.45. The molecule has 1 aromatic carbocycles. The summed E-state index contributed by atoms with van der Waals surface area (Å²) in [6, 6.07) is 9.15. The number of pyridine rings is 1. The van der Waals surface area contributed by atoms with E-state index in [1.165, 1.54) is 0 Å². The molecule has 2 aromatic rings. The van der Waals surface area contributed by atoms with Crippen LogP contribution in [0.3, 0.4) is 0 Å². The zero-order chi connectivity index (χ0) is 19.0. The molecule has 2 aliphatic rings. The lowest BCUT2D eigenvalue weighted by Gasteiger charge is -2.18. The number of benzene rings is 1. The lowest BCUT2D eigenvalue weighted by atomic mass is 10.0. The fourth-order valence-electron chi connectivity index (χ4n) is 3.27. The number of halogens is 2. The molecule has 142 valence electrons. The Bertz CT molecular complexity index is 880. The first kappa shape index (κ1) is 17.7. The van der Waals surface area contributed by atoms with Crippen molar-refractivity contribution in [3.05, 3.63) is 47.7 Å². The number of nitrogens with two attached hydrogens (primary N) is 1. The van der Waals surface area contributed by atoms with Gasteiger partial charge in [0, 0.05) is 43.0 Å². The number of nitrogen functional groups attached to an aromatic ring is 1. The number of aliphatic imine (C=N–C) groups is 1. The average molecular weight is 372 g/mol. The first-order chi connectivity index (χ1) is 12.9. The maximum Gasteiger partial charge on any atom is 0.266 e. The SMILES string of the molecule is CN=C(c1ccnc(N2CCC(F)(F)C2)c1)c1cc(OC2CC2)ccc1N. The van der Waals surface area contributed by atoms with Crippen LogP contribution in [0.25, 0.3) is 0 Å². The van der Waals surface area contributed by atoms with E-state index in [0.717, 1.165) is 29.7 Å². The topological polar surface area (TPSA) is 63.7 Å². The van der Waals surface area contributed by atoms with Crippen molar-refractivity contribution in [2.45, 2.75) is 31.3 Å². The predicted octanol–water partition coefficient (Wildman–Crippen LogP) is 3.52. The van der Waals surface area contributed by atoms with Gasteiger partial charge in [-0.3, -0.25) is 4.99 Å².